The van der Waals surface area contributed by atoms with Gasteiger partial charge in [-0.1, -0.05) is 0 Å². The average Bonchev–Trinajstić information content (AvgIpc) is 2.98. The molecule has 1 saturated carbocycles. The largest absolute Gasteiger partial charge is 0.385 e. The maximum atomic E-state index is 5.03. The van der Waals surface area contributed by atoms with Crippen molar-refractivity contribution in [2.75, 3.05) is 19.0 Å². The fraction of sp³-hybridized carbons (Fsp3) is 0.800. The molecule has 5 heteroatoms. The molecular formula is C10H17N3OS. The summed E-state index contributed by atoms with van der Waals surface area (Å²) < 4.78 is 9.38. The summed E-state index contributed by atoms with van der Waals surface area (Å²) in [6, 6.07) is 0.393. The molecule has 0 aliphatic heterocycles. The van der Waals surface area contributed by atoms with Crippen LogP contribution in [0, 0.1) is 0 Å². The fourth-order valence-electron chi connectivity index (χ4n) is 1.38. The van der Waals surface area contributed by atoms with Crippen molar-refractivity contribution in [1.29, 1.82) is 0 Å². The van der Waals surface area contributed by atoms with Crippen molar-refractivity contribution in [3.05, 3.63) is 5.82 Å². The van der Waals surface area contributed by atoms with Gasteiger partial charge in [0.05, 0.1) is 0 Å². The van der Waals surface area contributed by atoms with Gasteiger partial charge in [-0.25, -0.2) is 4.98 Å². The number of anilines is 1. The topological polar surface area (TPSA) is 47.0 Å². The molecule has 84 valence electrons. The lowest BCUT2D eigenvalue weighted by molar-refractivity contribution is 0.191. The molecule has 1 unspecified atom stereocenters. The number of rotatable bonds is 6. The Morgan fingerprint density at radius 1 is 1.60 bits per heavy atom. The molecule has 1 aliphatic carbocycles. The van der Waals surface area contributed by atoms with Crippen LogP contribution in [-0.2, 0) is 4.74 Å². The molecule has 1 aromatic heterocycles. The zero-order chi connectivity index (χ0) is 10.7. The molecule has 4 nitrogen and oxygen atoms in total. The lowest BCUT2D eigenvalue weighted by Crippen LogP contribution is -2.16. The lowest BCUT2D eigenvalue weighted by atomic mass is 10.2. The predicted molar refractivity (Wildman–Crippen MR) is 61.5 cm³/mol. The molecule has 15 heavy (non-hydrogen) atoms. The van der Waals surface area contributed by atoms with Crippen molar-refractivity contribution >= 4 is 16.7 Å². The number of hydrogen-bond donors (Lipinski definition) is 1. The normalized spacial score (nSPS) is 17.7. The van der Waals surface area contributed by atoms with Crippen LogP contribution in [0.1, 0.15) is 37.9 Å². The van der Waals surface area contributed by atoms with E-state index in [9.17, 15) is 0 Å². The van der Waals surface area contributed by atoms with Gasteiger partial charge in [-0.2, -0.15) is 4.37 Å². The summed E-state index contributed by atoms with van der Waals surface area (Å²) in [6.07, 6.45) is 3.51. The highest BCUT2D eigenvalue weighted by Crippen LogP contribution is 2.39. The number of nitrogens with zero attached hydrogens (tertiary/aromatic N) is 2. The first-order chi connectivity index (χ1) is 7.29. The smallest absolute Gasteiger partial charge is 0.202 e. The van der Waals surface area contributed by atoms with Crippen molar-refractivity contribution in [3.63, 3.8) is 0 Å². The summed E-state index contributed by atoms with van der Waals surface area (Å²) in [5.74, 6) is 1.67. The first-order valence-corrected chi connectivity index (χ1v) is 6.16. The fourth-order valence-corrected chi connectivity index (χ4v) is 2.14. The molecule has 0 bridgehead atoms. The third kappa shape index (κ3) is 3.14. The van der Waals surface area contributed by atoms with E-state index in [1.807, 2.05) is 0 Å². The summed E-state index contributed by atoms with van der Waals surface area (Å²) in [7, 11) is 1.73. The summed E-state index contributed by atoms with van der Waals surface area (Å²) in [4.78, 5) is 4.48. The van der Waals surface area contributed by atoms with Crippen molar-refractivity contribution in [2.24, 2.45) is 0 Å². The van der Waals surface area contributed by atoms with Gasteiger partial charge in [0.15, 0.2) is 0 Å². The van der Waals surface area contributed by atoms with Crippen LogP contribution >= 0.6 is 11.5 Å². The number of hydrogen-bond acceptors (Lipinski definition) is 5. The van der Waals surface area contributed by atoms with Crippen LogP contribution < -0.4 is 5.32 Å². The van der Waals surface area contributed by atoms with Gasteiger partial charge in [0, 0.05) is 37.2 Å². The van der Waals surface area contributed by atoms with E-state index >= 15 is 0 Å². The molecular weight excluding hydrogens is 210 g/mol. The second-order valence-corrected chi connectivity index (χ2v) is 4.81. The van der Waals surface area contributed by atoms with Crippen LogP contribution in [0.5, 0.6) is 0 Å². The molecule has 0 spiro atoms. The molecule has 1 fully saturated rings. The van der Waals surface area contributed by atoms with Gasteiger partial charge in [-0.3, -0.25) is 0 Å². The summed E-state index contributed by atoms with van der Waals surface area (Å²) in [5.41, 5.74) is 0. The number of ether oxygens (including phenoxy) is 1. The van der Waals surface area contributed by atoms with E-state index in [2.05, 4.69) is 21.6 Å². The Hall–Kier alpha value is -0.680. The van der Waals surface area contributed by atoms with E-state index in [1.165, 1.54) is 24.4 Å². The van der Waals surface area contributed by atoms with Gasteiger partial charge in [0.2, 0.25) is 5.13 Å². The van der Waals surface area contributed by atoms with Crippen molar-refractivity contribution in [2.45, 2.75) is 38.1 Å². The molecule has 0 radical (unpaired) electrons. The Morgan fingerprint density at radius 2 is 2.40 bits per heavy atom. The summed E-state index contributed by atoms with van der Waals surface area (Å²) in [6.45, 7) is 2.92. The van der Waals surface area contributed by atoms with Gasteiger partial charge >= 0.3 is 0 Å². The Morgan fingerprint density at radius 3 is 3.07 bits per heavy atom. The van der Waals surface area contributed by atoms with Gasteiger partial charge < -0.3 is 10.1 Å². The third-order valence-corrected chi connectivity index (χ3v) is 3.17. The molecule has 0 amide bonds. The Labute approximate surface area is 94.2 Å². The van der Waals surface area contributed by atoms with Gasteiger partial charge in [-0.15, -0.1) is 0 Å². The van der Waals surface area contributed by atoms with Crippen molar-refractivity contribution in [3.8, 4) is 0 Å². The number of aromatic nitrogens is 2. The van der Waals surface area contributed by atoms with Crippen LogP contribution in [0.4, 0.5) is 5.13 Å². The minimum atomic E-state index is 0.393. The Balaban J connectivity index is 1.81. The molecule has 0 aromatic carbocycles. The maximum absolute atomic E-state index is 5.03. The van der Waals surface area contributed by atoms with Crippen LogP contribution in [0.25, 0.3) is 0 Å². The van der Waals surface area contributed by atoms with Gasteiger partial charge in [-0.05, 0) is 26.2 Å². The second kappa shape index (κ2) is 4.90. The molecule has 1 atom stereocenters. The van der Waals surface area contributed by atoms with E-state index in [0.717, 1.165) is 24.0 Å². The SMILES string of the molecule is COCCC(C)Nc1nc(C2CC2)ns1. The molecule has 1 aliphatic rings. The first-order valence-electron chi connectivity index (χ1n) is 5.38. The number of methoxy groups -OCH3 is 1. The first kappa shape index (κ1) is 10.8. The highest BCUT2D eigenvalue weighted by Gasteiger charge is 2.27. The summed E-state index contributed by atoms with van der Waals surface area (Å²) >= 11 is 1.47. The van der Waals surface area contributed by atoms with Gasteiger partial charge in [0.25, 0.3) is 0 Å². The van der Waals surface area contributed by atoms with Gasteiger partial charge in [0.1, 0.15) is 5.82 Å². The number of nitrogens with one attached hydrogen (secondary N) is 1. The Kier molecular flexibility index (Phi) is 3.53. The summed E-state index contributed by atoms with van der Waals surface area (Å²) in [5, 5.41) is 4.29. The zero-order valence-corrected chi connectivity index (χ0v) is 10.0. The van der Waals surface area contributed by atoms with Crippen LogP contribution in [0.3, 0.4) is 0 Å². The highest BCUT2D eigenvalue weighted by atomic mass is 32.1. The quantitative estimate of drug-likeness (QED) is 0.809. The standard InChI is InChI=1S/C10H17N3OS/c1-7(5-6-14-2)11-10-12-9(13-15-10)8-3-4-8/h7-8H,3-6H2,1-2H3,(H,11,12,13). The predicted octanol–water partition coefficient (Wildman–Crippen LogP) is 2.25. The maximum Gasteiger partial charge on any atom is 0.202 e. The van der Waals surface area contributed by atoms with Crippen LogP contribution in [0.15, 0.2) is 0 Å². The second-order valence-electron chi connectivity index (χ2n) is 4.06. The molecule has 0 saturated heterocycles. The van der Waals surface area contributed by atoms with E-state index in [0.29, 0.717) is 12.0 Å². The third-order valence-electron chi connectivity index (χ3n) is 2.51. The van der Waals surface area contributed by atoms with Crippen LogP contribution in [0.2, 0.25) is 0 Å². The van der Waals surface area contributed by atoms with Crippen molar-refractivity contribution in [1.82, 2.24) is 9.36 Å². The van der Waals surface area contributed by atoms with Crippen LogP contribution in [-0.4, -0.2) is 29.1 Å². The van der Waals surface area contributed by atoms with E-state index in [-0.39, 0.29) is 0 Å². The average molecular weight is 227 g/mol. The zero-order valence-electron chi connectivity index (χ0n) is 9.19. The molecule has 1 N–H and O–H groups in total. The van der Waals surface area contributed by atoms with E-state index < -0.39 is 0 Å². The minimum Gasteiger partial charge on any atom is -0.385 e. The molecule has 1 heterocycles. The minimum absolute atomic E-state index is 0.393. The molecule has 1 aromatic rings. The van der Waals surface area contributed by atoms with E-state index in [1.54, 1.807) is 7.11 Å². The lowest BCUT2D eigenvalue weighted by Gasteiger charge is -2.10. The highest BCUT2D eigenvalue weighted by molar-refractivity contribution is 7.09. The van der Waals surface area contributed by atoms with Crippen molar-refractivity contribution < 1.29 is 4.74 Å². The Bertz CT molecular complexity index is 311. The molecule has 2 rings (SSSR count). The monoisotopic (exact) mass is 227 g/mol. The van der Waals surface area contributed by atoms with E-state index in [4.69, 9.17) is 4.74 Å².